The Bertz CT molecular complexity index is 1500. The van der Waals surface area contributed by atoms with Gasteiger partial charge in [-0.25, -0.2) is 0 Å². The van der Waals surface area contributed by atoms with Gasteiger partial charge in [0, 0.05) is 51.2 Å². The maximum Gasteiger partial charge on any atom is 0.273 e. The van der Waals surface area contributed by atoms with E-state index in [0.29, 0.717) is 22.4 Å². The summed E-state index contributed by atoms with van der Waals surface area (Å²) in [6.07, 6.45) is 3.08. The van der Waals surface area contributed by atoms with Crippen molar-refractivity contribution >= 4 is 17.4 Å². The van der Waals surface area contributed by atoms with Gasteiger partial charge in [-0.3, -0.25) is 24.0 Å². The molecule has 0 amide bonds. The van der Waals surface area contributed by atoms with E-state index in [2.05, 4.69) is 51.0 Å². The second-order valence-electron chi connectivity index (χ2n) is 9.72. The van der Waals surface area contributed by atoms with Gasteiger partial charge >= 0.3 is 0 Å². The molecular weight excluding hydrogens is 502 g/mol. The summed E-state index contributed by atoms with van der Waals surface area (Å²) in [7, 11) is 2.01. The Kier molecular flexibility index (Phi) is 7.62. The Morgan fingerprint density at radius 3 is 2.61 bits per heavy atom. The van der Waals surface area contributed by atoms with Crippen LogP contribution >= 0.6 is 11.6 Å². The number of benzene rings is 1. The van der Waals surface area contributed by atoms with Crippen LogP contribution in [0.2, 0.25) is 5.02 Å². The SMILES string of the molecule is CC1CN(Cc2ccccc2)CC1N(C)c1ccc(-n2ccc(OCc3ccc(Cl)cn3)cc2=O)c(=O)[nH]1. The summed E-state index contributed by atoms with van der Waals surface area (Å²) in [5.74, 6) is 1.55. The van der Waals surface area contributed by atoms with Crippen molar-refractivity contribution in [3.63, 3.8) is 0 Å². The molecule has 0 bridgehead atoms. The summed E-state index contributed by atoms with van der Waals surface area (Å²) >= 11 is 5.86. The molecule has 1 N–H and O–H groups in total. The van der Waals surface area contributed by atoms with Gasteiger partial charge < -0.3 is 14.6 Å². The molecule has 3 aromatic heterocycles. The number of rotatable bonds is 8. The van der Waals surface area contributed by atoms with E-state index in [-0.39, 0.29) is 29.5 Å². The van der Waals surface area contributed by atoms with Crippen LogP contribution in [0.1, 0.15) is 18.2 Å². The zero-order valence-electron chi connectivity index (χ0n) is 21.4. The summed E-state index contributed by atoms with van der Waals surface area (Å²) in [4.78, 5) is 37.5. The molecule has 4 heterocycles. The number of anilines is 1. The Morgan fingerprint density at radius 1 is 1.08 bits per heavy atom. The molecule has 4 aromatic rings. The molecule has 2 atom stereocenters. The number of hydrogen-bond acceptors (Lipinski definition) is 6. The van der Waals surface area contributed by atoms with Crippen molar-refractivity contribution in [2.45, 2.75) is 26.1 Å². The molecule has 0 radical (unpaired) electrons. The average molecular weight is 532 g/mol. The van der Waals surface area contributed by atoms with Gasteiger partial charge in [-0.2, -0.15) is 0 Å². The molecule has 1 aliphatic heterocycles. The standard InChI is InChI=1S/C29H30ClN5O3/c1-20-16-34(17-21-6-4-3-5-7-21)18-26(20)33(2)27-11-10-25(29(37)32-27)35-13-12-24(14-28(35)36)38-19-23-9-8-22(30)15-31-23/h3-15,20,26H,16-19H2,1-2H3,(H,32,37). The Labute approximate surface area is 226 Å². The second-order valence-corrected chi connectivity index (χ2v) is 10.2. The summed E-state index contributed by atoms with van der Waals surface area (Å²) in [6.45, 7) is 5.24. The fraction of sp³-hybridized carbons (Fsp3) is 0.276. The molecule has 0 saturated carbocycles. The first kappa shape index (κ1) is 25.8. The van der Waals surface area contributed by atoms with Crippen molar-refractivity contribution in [3.05, 3.63) is 116 Å². The van der Waals surface area contributed by atoms with Crippen LogP contribution in [-0.4, -0.2) is 45.6 Å². The number of likely N-dealkylation sites (N-methyl/N-ethyl adjacent to an activating group) is 1. The van der Waals surface area contributed by atoms with Gasteiger partial charge in [-0.15, -0.1) is 0 Å². The third-order valence-corrected chi connectivity index (χ3v) is 7.20. The van der Waals surface area contributed by atoms with Crippen molar-refractivity contribution in [1.29, 1.82) is 0 Å². The van der Waals surface area contributed by atoms with Crippen molar-refractivity contribution in [1.82, 2.24) is 19.4 Å². The number of nitrogens with zero attached hydrogens (tertiary/aromatic N) is 4. The molecule has 0 spiro atoms. The number of halogens is 1. The third-order valence-electron chi connectivity index (χ3n) is 6.97. The maximum atomic E-state index is 13.0. The van der Waals surface area contributed by atoms with Crippen molar-refractivity contribution in [3.8, 4) is 11.4 Å². The maximum absolute atomic E-state index is 13.0. The minimum Gasteiger partial charge on any atom is -0.487 e. The number of nitrogens with one attached hydrogen (secondary N) is 1. The molecular formula is C29H30ClN5O3. The van der Waals surface area contributed by atoms with Crippen LogP contribution < -0.4 is 20.8 Å². The van der Waals surface area contributed by atoms with Crippen LogP contribution in [0.15, 0.2) is 88.7 Å². The summed E-state index contributed by atoms with van der Waals surface area (Å²) in [5.41, 5.74) is 1.54. The molecule has 1 saturated heterocycles. The van der Waals surface area contributed by atoms with E-state index in [1.807, 2.05) is 19.2 Å². The molecule has 9 heteroatoms. The van der Waals surface area contributed by atoms with Gasteiger partial charge in [0.1, 0.15) is 23.9 Å². The van der Waals surface area contributed by atoms with Gasteiger partial charge in [0.2, 0.25) is 0 Å². The van der Waals surface area contributed by atoms with E-state index >= 15 is 0 Å². The van der Waals surface area contributed by atoms with Gasteiger partial charge in [-0.1, -0.05) is 48.9 Å². The number of pyridine rings is 3. The van der Waals surface area contributed by atoms with Crippen LogP contribution in [0, 0.1) is 5.92 Å². The molecule has 1 fully saturated rings. The number of aromatic amines is 1. The van der Waals surface area contributed by atoms with E-state index in [4.69, 9.17) is 16.3 Å². The second kappa shape index (κ2) is 11.2. The minimum atomic E-state index is -0.362. The van der Waals surface area contributed by atoms with Gasteiger partial charge in [-0.05, 0) is 41.8 Å². The number of H-pyrrole nitrogens is 1. The molecule has 38 heavy (non-hydrogen) atoms. The number of hydrogen-bond donors (Lipinski definition) is 1. The quantitative estimate of drug-likeness (QED) is 0.368. The lowest BCUT2D eigenvalue weighted by Crippen LogP contribution is -2.39. The minimum absolute atomic E-state index is 0.199. The van der Waals surface area contributed by atoms with Gasteiger partial charge in [0.05, 0.1) is 10.7 Å². The highest BCUT2D eigenvalue weighted by Gasteiger charge is 2.33. The lowest BCUT2D eigenvalue weighted by atomic mass is 10.1. The highest BCUT2D eigenvalue weighted by molar-refractivity contribution is 6.30. The molecule has 2 unspecified atom stereocenters. The Hall–Kier alpha value is -3.88. The van der Waals surface area contributed by atoms with Crippen LogP contribution in [0.25, 0.3) is 5.69 Å². The zero-order chi connectivity index (χ0) is 26.6. The van der Waals surface area contributed by atoms with E-state index in [1.165, 1.54) is 16.2 Å². The summed E-state index contributed by atoms with van der Waals surface area (Å²) in [5, 5.41) is 0.543. The van der Waals surface area contributed by atoms with Crippen LogP contribution in [-0.2, 0) is 13.2 Å². The highest BCUT2D eigenvalue weighted by Crippen LogP contribution is 2.25. The van der Waals surface area contributed by atoms with Crippen LogP contribution in [0.4, 0.5) is 5.82 Å². The lowest BCUT2D eigenvalue weighted by Gasteiger charge is -2.29. The first-order valence-electron chi connectivity index (χ1n) is 12.6. The van der Waals surface area contributed by atoms with Crippen molar-refractivity contribution < 1.29 is 4.74 Å². The lowest BCUT2D eigenvalue weighted by molar-refractivity contribution is 0.300. The molecule has 8 nitrogen and oxygen atoms in total. The van der Waals surface area contributed by atoms with E-state index in [9.17, 15) is 9.59 Å². The smallest absolute Gasteiger partial charge is 0.273 e. The predicted molar refractivity (Wildman–Crippen MR) is 149 cm³/mol. The number of likely N-dealkylation sites (tertiary alicyclic amines) is 1. The molecule has 196 valence electrons. The summed E-state index contributed by atoms with van der Waals surface area (Å²) < 4.78 is 7.00. The summed E-state index contributed by atoms with van der Waals surface area (Å²) in [6, 6.07) is 20.8. The average Bonchev–Trinajstić information content (AvgIpc) is 3.28. The Balaban J connectivity index is 1.26. The fourth-order valence-electron chi connectivity index (χ4n) is 4.95. The van der Waals surface area contributed by atoms with Crippen molar-refractivity contribution in [2.75, 3.05) is 25.0 Å². The van der Waals surface area contributed by atoms with E-state index in [0.717, 1.165) is 25.5 Å². The topological polar surface area (TPSA) is 83.5 Å². The van der Waals surface area contributed by atoms with Crippen LogP contribution in [0.3, 0.4) is 0 Å². The first-order chi connectivity index (χ1) is 18.4. The zero-order valence-corrected chi connectivity index (χ0v) is 22.1. The van der Waals surface area contributed by atoms with Crippen LogP contribution in [0.5, 0.6) is 5.75 Å². The predicted octanol–water partition coefficient (Wildman–Crippen LogP) is 4.11. The van der Waals surface area contributed by atoms with E-state index in [1.54, 1.807) is 36.7 Å². The van der Waals surface area contributed by atoms with Gasteiger partial charge in [0.25, 0.3) is 11.1 Å². The largest absolute Gasteiger partial charge is 0.487 e. The Morgan fingerprint density at radius 2 is 1.89 bits per heavy atom. The monoisotopic (exact) mass is 531 g/mol. The molecule has 0 aliphatic carbocycles. The molecule has 5 rings (SSSR count). The first-order valence-corrected chi connectivity index (χ1v) is 12.9. The fourth-order valence-corrected chi connectivity index (χ4v) is 5.06. The normalized spacial score (nSPS) is 17.4. The van der Waals surface area contributed by atoms with E-state index < -0.39 is 0 Å². The number of ether oxygens (including phenoxy) is 1. The molecule has 1 aliphatic rings. The molecule has 1 aromatic carbocycles. The van der Waals surface area contributed by atoms with Crippen molar-refractivity contribution in [2.24, 2.45) is 5.92 Å². The third kappa shape index (κ3) is 5.82. The number of aromatic nitrogens is 3. The highest BCUT2D eigenvalue weighted by atomic mass is 35.5. The van der Waals surface area contributed by atoms with Gasteiger partial charge in [0.15, 0.2) is 0 Å².